The minimum Gasteiger partial charge on any atom is -0.462 e. The normalized spacial score (nSPS) is 13.0. The molecule has 5 nitrogen and oxygen atoms in total. The van der Waals surface area contributed by atoms with Crippen LogP contribution >= 0.6 is 0 Å². The summed E-state index contributed by atoms with van der Waals surface area (Å²) in [5.41, 5.74) is 0. The lowest BCUT2D eigenvalue weighted by atomic mass is 10.0. The molecule has 388 valence electrons. The van der Waals surface area contributed by atoms with Crippen LogP contribution in [0.4, 0.5) is 0 Å². The average Bonchev–Trinajstić information content (AvgIpc) is 3.34. The predicted octanol–water partition coefficient (Wildman–Crippen LogP) is 19.6. The summed E-state index contributed by atoms with van der Waals surface area (Å²) in [5, 5.41) is 0. The van der Waals surface area contributed by atoms with Crippen molar-refractivity contribution < 1.29 is 23.8 Å². The molecule has 0 rings (SSSR count). The number of carbonyl (C=O) groups excluding carboxylic acids is 2. The van der Waals surface area contributed by atoms with Crippen LogP contribution in [0.1, 0.15) is 252 Å². The fraction of sp³-hybridized carbons (Fsp3) is 0.683. The lowest BCUT2D eigenvalue weighted by Crippen LogP contribution is -2.30. The molecule has 0 aromatic carbocycles. The van der Waals surface area contributed by atoms with Gasteiger partial charge in [0, 0.05) is 19.4 Å². The van der Waals surface area contributed by atoms with E-state index in [9.17, 15) is 9.59 Å². The smallest absolute Gasteiger partial charge is 0.306 e. The van der Waals surface area contributed by atoms with Crippen molar-refractivity contribution in [2.45, 2.75) is 258 Å². The van der Waals surface area contributed by atoms with Crippen molar-refractivity contribution in [1.82, 2.24) is 0 Å². The molecule has 0 N–H and O–H groups in total. The Hall–Kier alpha value is -3.44. The molecule has 0 heterocycles. The lowest BCUT2D eigenvalue weighted by Gasteiger charge is -2.18. The highest BCUT2D eigenvalue weighted by Gasteiger charge is 2.17. The van der Waals surface area contributed by atoms with E-state index in [0.29, 0.717) is 19.4 Å². The third-order valence-corrected chi connectivity index (χ3v) is 11.8. The van der Waals surface area contributed by atoms with Gasteiger partial charge >= 0.3 is 11.9 Å². The molecule has 0 fully saturated rings. The van der Waals surface area contributed by atoms with Crippen LogP contribution in [0.15, 0.2) is 109 Å². The molecule has 0 spiro atoms. The summed E-state index contributed by atoms with van der Waals surface area (Å²) >= 11 is 0. The van der Waals surface area contributed by atoms with Crippen LogP contribution in [-0.2, 0) is 23.8 Å². The van der Waals surface area contributed by atoms with E-state index < -0.39 is 6.10 Å². The summed E-state index contributed by atoms with van der Waals surface area (Å²) in [6.07, 6.45) is 79.7. The monoisotopic (exact) mass is 943 g/mol. The fourth-order valence-electron chi connectivity index (χ4n) is 7.60. The first-order valence-corrected chi connectivity index (χ1v) is 28.4. The van der Waals surface area contributed by atoms with Gasteiger partial charge in [-0.3, -0.25) is 9.59 Å². The van der Waals surface area contributed by atoms with Gasteiger partial charge in [0.2, 0.25) is 0 Å². The molecule has 0 amide bonds. The van der Waals surface area contributed by atoms with Crippen LogP contribution in [0.2, 0.25) is 0 Å². The molecule has 0 aromatic rings. The van der Waals surface area contributed by atoms with Crippen molar-refractivity contribution >= 4 is 11.9 Å². The van der Waals surface area contributed by atoms with Gasteiger partial charge in [-0.1, -0.05) is 252 Å². The Morgan fingerprint density at radius 2 is 0.691 bits per heavy atom. The van der Waals surface area contributed by atoms with Crippen LogP contribution < -0.4 is 0 Å². The van der Waals surface area contributed by atoms with Crippen molar-refractivity contribution in [3.63, 3.8) is 0 Å². The van der Waals surface area contributed by atoms with Crippen molar-refractivity contribution in [1.29, 1.82) is 0 Å². The molecular formula is C63H106O5. The van der Waals surface area contributed by atoms with Gasteiger partial charge in [-0.25, -0.2) is 0 Å². The molecule has 0 bridgehead atoms. The van der Waals surface area contributed by atoms with E-state index in [1.165, 1.54) is 116 Å². The second-order valence-electron chi connectivity index (χ2n) is 18.5. The number of allylic oxidation sites excluding steroid dienone is 18. The number of carbonyl (C=O) groups is 2. The maximum absolute atomic E-state index is 12.8. The van der Waals surface area contributed by atoms with Gasteiger partial charge in [0.05, 0.1) is 6.61 Å². The lowest BCUT2D eigenvalue weighted by molar-refractivity contribution is -0.162. The first-order valence-electron chi connectivity index (χ1n) is 28.4. The van der Waals surface area contributed by atoms with Crippen LogP contribution in [0.5, 0.6) is 0 Å². The maximum atomic E-state index is 12.8. The Kier molecular flexibility index (Phi) is 54.9. The molecule has 5 heteroatoms. The number of unbranched alkanes of at least 4 members (excludes halogenated alkanes) is 22. The average molecular weight is 944 g/mol. The van der Waals surface area contributed by atoms with Gasteiger partial charge < -0.3 is 14.2 Å². The number of ether oxygens (including phenoxy) is 3. The van der Waals surface area contributed by atoms with Crippen LogP contribution in [0.3, 0.4) is 0 Å². The SMILES string of the molecule is CC/C=C\C/C=C\C/C=C\C/C=C\C/C=C\C/C=C\CCC(=O)O[C@H](COCCCCCCCCCCCCCCCCCC)COC(=O)CCCCCC/C=C\C/C=C\C/C=C\CCCCC. The van der Waals surface area contributed by atoms with E-state index in [-0.39, 0.29) is 31.6 Å². The Bertz CT molecular complexity index is 1340. The zero-order chi connectivity index (χ0) is 49.2. The van der Waals surface area contributed by atoms with E-state index in [1.807, 2.05) is 6.08 Å². The predicted molar refractivity (Wildman–Crippen MR) is 297 cm³/mol. The summed E-state index contributed by atoms with van der Waals surface area (Å²) in [5.74, 6) is -0.517. The largest absolute Gasteiger partial charge is 0.462 e. The quantitative estimate of drug-likeness (QED) is 0.0345. The molecule has 1 atom stereocenters. The molecule has 0 saturated heterocycles. The molecule has 0 unspecified atom stereocenters. The molecule has 0 aliphatic heterocycles. The second kappa shape index (κ2) is 57.9. The summed E-state index contributed by atoms with van der Waals surface area (Å²) in [4.78, 5) is 25.5. The van der Waals surface area contributed by atoms with Gasteiger partial charge in [-0.2, -0.15) is 0 Å². The Morgan fingerprint density at radius 1 is 0.338 bits per heavy atom. The summed E-state index contributed by atoms with van der Waals surface area (Å²) < 4.78 is 17.4. The van der Waals surface area contributed by atoms with Crippen molar-refractivity contribution in [3.8, 4) is 0 Å². The zero-order valence-electron chi connectivity index (χ0n) is 44.6. The van der Waals surface area contributed by atoms with Gasteiger partial charge in [0.1, 0.15) is 6.61 Å². The zero-order valence-corrected chi connectivity index (χ0v) is 44.6. The van der Waals surface area contributed by atoms with E-state index in [0.717, 1.165) is 96.3 Å². The number of rotatable bonds is 51. The minimum absolute atomic E-state index is 0.0396. The number of hydrogen-bond donors (Lipinski definition) is 0. The first-order chi connectivity index (χ1) is 33.6. The van der Waals surface area contributed by atoms with Crippen molar-refractivity contribution in [3.05, 3.63) is 109 Å². The van der Waals surface area contributed by atoms with E-state index in [1.54, 1.807) is 0 Å². The maximum Gasteiger partial charge on any atom is 0.306 e. The number of esters is 2. The second-order valence-corrected chi connectivity index (χ2v) is 18.5. The third kappa shape index (κ3) is 55.2. The van der Waals surface area contributed by atoms with E-state index >= 15 is 0 Å². The summed E-state index contributed by atoms with van der Waals surface area (Å²) in [6.45, 7) is 7.60. The van der Waals surface area contributed by atoms with E-state index in [4.69, 9.17) is 14.2 Å². The first kappa shape index (κ1) is 64.6. The highest BCUT2D eigenvalue weighted by molar-refractivity contribution is 5.70. The molecule has 0 radical (unpaired) electrons. The van der Waals surface area contributed by atoms with Gasteiger partial charge in [-0.15, -0.1) is 0 Å². The summed E-state index contributed by atoms with van der Waals surface area (Å²) in [7, 11) is 0. The molecule has 0 saturated carbocycles. The van der Waals surface area contributed by atoms with E-state index in [2.05, 4.69) is 124 Å². The summed E-state index contributed by atoms with van der Waals surface area (Å²) in [6, 6.07) is 0. The van der Waals surface area contributed by atoms with Gasteiger partial charge in [0.15, 0.2) is 6.10 Å². The minimum atomic E-state index is -0.591. The van der Waals surface area contributed by atoms with Crippen molar-refractivity contribution in [2.75, 3.05) is 19.8 Å². The molecule has 0 aromatic heterocycles. The van der Waals surface area contributed by atoms with Crippen LogP contribution in [-0.4, -0.2) is 37.9 Å². The fourth-order valence-corrected chi connectivity index (χ4v) is 7.60. The van der Waals surface area contributed by atoms with Gasteiger partial charge in [0.25, 0.3) is 0 Å². The van der Waals surface area contributed by atoms with Crippen molar-refractivity contribution in [2.24, 2.45) is 0 Å². The third-order valence-electron chi connectivity index (χ3n) is 11.8. The van der Waals surface area contributed by atoms with Crippen LogP contribution in [0, 0.1) is 0 Å². The highest BCUT2D eigenvalue weighted by Crippen LogP contribution is 2.15. The topological polar surface area (TPSA) is 61.8 Å². The Balaban J connectivity index is 4.44. The molecule has 0 aliphatic carbocycles. The van der Waals surface area contributed by atoms with Gasteiger partial charge in [-0.05, 0) is 96.3 Å². The number of hydrogen-bond acceptors (Lipinski definition) is 5. The Labute approximate surface area is 421 Å². The molecule has 0 aliphatic rings. The molecular weight excluding hydrogens is 837 g/mol. The standard InChI is InChI=1S/C63H106O5/c1-4-7-10-13-16-19-22-25-28-31-32-34-36-39-42-45-48-51-54-57-63(65)68-61(59-66-58-55-52-49-46-43-40-37-30-27-24-21-18-15-12-9-6-3)60-67-62(64)56-53-50-47-44-41-38-35-33-29-26-23-20-17-14-11-8-5-2/h7,10,16-17,19-20,25-26,28-29,32,34-35,38-39,42,48,51,61H,4-6,8-9,11-15,18,21-24,27,30-31,33,36-37,40-41,43-47,49-50,52-60H2,1-3H3/b10-7-,19-16-,20-17-,28-25-,29-26-,34-32-,38-35-,42-39-,51-48-/t61-/m1/s1. The molecule has 68 heavy (non-hydrogen) atoms. The van der Waals surface area contributed by atoms with Crippen LogP contribution in [0.25, 0.3) is 0 Å². The highest BCUT2D eigenvalue weighted by atomic mass is 16.6. The Morgan fingerprint density at radius 3 is 1.15 bits per heavy atom.